The van der Waals surface area contributed by atoms with E-state index in [4.69, 9.17) is 10.2 Å². The van der Waals surface area contributed by atoms with Gasteiger partial charge in [0, 0.05) is 0 Å². The molecule has 6 nitrogen and oxygen atoms in total. The van der Waals surface area contributed by atoms with Crippen molar-refractivity contribution in [2.24, 2.45) is 0 Å². The van der Waals surface area contributed by atoms with Crippen LogP contribution in [-0.4, -0.2) is 38.4 Å². The molecule has 1 heterocycles. The van der Waals surface area contributed by atoms with Crippen molar-refractivity contribution in [1.82, 2.24) is 9.78 Å². The van der Waals surface area contributed by atoms with Crippen LogP contribution < -0.4 is 0 Å². The number of aromatic carboxylic acids is 2. The molecule has 0 spiro atoms. The number of nitrogens with zero attached hydrogens (tertiary/aromatic N) is 2. The van der Waals surface area contributed by atoms with Gasteiger partial charge in [0.15, 0.2) is 5.69 Å². The van der Waals surface area contributed by atoms with Crippen molar-refractivity contribution in [3.63, 3.8) is 0 Å². The SMILES string of the molecule is O=C(O)c1cnn(CC(F)F)c1C(=O)O. The first-order valence-electron chi connectivity index (χ1n) is 3.74. The van der Waals surface area contributed by atoms with E-state index < -0.39 is 36.2 Å². The smallest absolute Gasteiger partial charge is 0.355 e. The molecule has 0 bridgehead atoms. The van der Waals surface area contributed by atoms with E-state index in [1.807, 2.05) is 0 Å². The van der Waals surface area contributed by atoms with Crippen LogP contribution in [0.2, 0.25) is 0 Å². The predicted molar refractivity (Wildman–Crippen MR) is 42.1 cm³/mol. The largest absolute Gasteiger partial charge is 0.478 e. The van der Waals surface area contributed by atoms with Crippen LogP contribution in [0.15, 0.2) is 6.20 Å². The van der Waals surface area contributed by atoms with Gasteiger partial charge < -0.3 is 10.2 Å². The molecule has 15 heavy (non-hydrogen) atoms. The van der Waals surface area contributed by atoms with E-state index in [0.717, 1.165) is 6.20 Å². The van der Waals surface area contributed by atoms with Crippen molar-refractivity contribution in [2.45, 2.75) is 13.0 Å². The van der Waals surface area contributed by atoms with E-state index in [0.29, 0.717) is 4.68 Å². The van der Waals surface area contributed by atoms with Gasteiger partial charge in [0.1, 0.15) is 12.1 Å². The molecule has 0 aromatic carbocycles. The van der Waals surface area contributed by atoms with Gasteiger partial charge in [-0.3, -0.25) is 4.68 Å². The second-order valence-corrected chi connectivity index (χ2v) is 2.59. The number of carboxylic acids is 2. The van der Waals surface area contributed by atoms with Gasteiger partial charge >= 0.3 is 11.9 Å². The highest BCUT2D eigenvalue weighted by atomic mass is 19.3. The van der Waals surface area contributed by atoms with Gasteiger partial charge in [-0.2, -0.15) is 5.10 Å². The summed E-state index contributed by atoms with van der Waals surface area (Å²) in [7, 11) is 0. The number of halogens is 2. The van der Waals surface area contributed by atoms with Crippen molar-refractivity contribution in [3.05, 3.63) is 17.5 Å². The van der Waals surface area contributed by atoms with E-state index in [-0.39, 0.29) is 0 Å². The van der Waals surface area contributed by atoms with Crippen LogP contribution in [0.3, 0.4) is 0 Å². The van der Waals surface area contributed by atoms with Crippen molar-refractivity contribution < 1.29 is 28.6 Å². The van der Waals surface area contributed by atoms with Gasteiger partial charge in [-0.15, -0.1) is 0 Å². The van der Waals surface area contributed by atoms with E-state index in [1.54, 1.807) is 0 Å². The molecule has 1 aromatic rings. The third kappa shape index (κ3) is 2.27. The zero-order chi connectivity index (χ0) is 11.6. The van der Waals surface area contributed by atoms with Crippen molar-refractivity contribution in [2.75, 3.05) is 0 Å². The molecule has 1 aromatic heterocycles. The first kappa shape index (κ1) is 11.1. The van der Waals surface area contributed by atoms with Crippen molar-refractivity contribution in [1.29, 1.82) is 0 Å². The minimum Gasteiger partial charge on any atom is -0.478 e. The summed E-state index contributed by atoms with van der Waals surface area (Å²) in [5.74, 6) is -3.13. The molecule has 0 aliphatic heterocycles. The Morgan fingerprint density at radius 1 is 1.40 bits per heavy atom. The lowest BCUT2D eigenvalue weighted by atomic mass is 10.2. The Morgan fingerprint density at radius 2 is 2.00 bits per heavy atom. The van der Waals surface area contributed by atoms with E-state index >= 15 is 0 Å². The molecule has 2 N–H and O–H groups in total. The highest BCUT2D eigenvalue weighted by Gasteiger charge is 2.23. The Labute approximate surface area is 81.7 Å². The van der Waals surface area contributed by atoms with Crippen LogP contribution in [0.5, 0.6) is 0 Å². The molecule has 0 unspecified atom stereocenters. The highest BCUT2D eigenvalue weighted by molar-refractivity contribution is 6.00. The maximum absolute atomic E-state index is 12.0. The van der Waals surface area contributed by atoms with Gasteiger partial charge in [-0.25, -0.2) is 18.4 Å². The molecule has 0 amide bonds. The van der Waals surface area contributed by atoms with Crippen LogP contribution in [0, 0.1) is 0 Å². The zero-order valence-electron chi connectivity index (χ0n) is 7.22. The Bertz CT molecular complexity index is 402. The number of hydrogen-bond acceptors (Lipinski definition) is 3. The predicted octanol–water partition coefficient (Wildman–Crippen LogP) is 0.545. The van der Waals surface area contributed by atoms with Crippen LogP contribution in [0.4, 0.5) is 8.78 Å². The molecule has 8 heteroatoms. The first-order valence-corrected chi connectivity index (χ1v) is 3.74. The average Bonchev–Trinajstić information content (AvgIpc) is 2.46. The molecule has 0 fully saturated rings. The standard InChI is InChI=1S/C7H6F2N2O4/c8-4(9)2-11-5(7(14)15)3(1-10-11)6(12)13/h1,4H,2H2,(H,12,13)(H,14,15). The summed E-state index contributed by atoms with van der Waals surface area (Å²) in [6, 6.07) is 0. The second kappa shape index (κ2) is 4.03. The van der Waals surface area contributed by atoms with Crippen molar-refractivity contribution >= 4 is 11.9 Å². The maximum Gasteiger partial charge on any atom is 0.355 e. The summed E-state index contributed by atoms with van der Waals surface area (Å²) in [6.45, 7) is -0.949. The Kier molecular flexibility index (Phi) is 2.98. The number of carboxylic acid groups (broad SMARTS) is 2. The molecular formula is C7H6F2N2O4. The number of aromatic nitrogens is 2. The molecule has 0 aliphatic rings. The number of hydrogen-bond donors (Lipinski definition) is 2. The molecule has 0 saturated heterocycles. The quantitative estimate of drug-likeness (QED) is 0.772. The second-order valence-electron chi connectivity index (χ2n) is 2.59. The average molecular weight is 220 g/mol. The number of rotatable bonds is 4. The summed E-state index contributed by atoms with van der Waals surface area (Å²) in [5, 5.41) is 20.5. The van der Waals surface area contributed by atoms with Gasteiger partial charge in [0.25, 0.3) is 6.43 Å². The summed E-state index contributed by atoms with van der Waals surface area (Å²) in [6.07, 6.45) is -2.07. The fourth-order valence-electron chi connectivity index (χ4n) is 1.04. The van der Waals surface area contributed by atoms with E-state index in [9.17, 15) is 18.4 Å². The molecule has 0 atom stereocenters. The molecular weight excluding hydrogens is 214 g/mol. The van der Waals surface area contributed by atoms with E-state index in [1.165, 1.54) is 0 Å². The van der Waals surface area contributed by atoms with Crippen molar-refractivity contribution in [3.8, 4) is 0 Å². The Morgan fingerprint density at radius 3 is 2.40 bits per heavy atom. The number of alkyl halides is 2. The lowest BCUT2D eigenvalue weighted by Gasteiger charge is -2.03. The Balaban J connectivity index is 3.18. The third-order valence-corrected chi connectivity index (χ3v) is 1.58. The summed E-state index contributed by atoms with van der Waals surface area (Å²) in [4.78, 5) is 21.1. The van der Waals surface area contributed by atoms with Crippen LogP contribution in [-0.2, 0) is 6.54 Å². The van der Waals surface area contributed by atoms with Gasteiger partial charge in [-0.1, -0.05) is 0 Å². The zero-order valence-corrected chi connectivity index (χ0v) is 7.22. The van der Waals surface area contributed by atoms with Gasteiger partial charge in [0.05, 0.1) is 6.20 Å². The fraction of sp³-hybridized carbons (Fsp3) is 0.286. The lowest BCUT2D eigenvalue weighted by molar-refractivity contribution is 0.0633. The third-order valence-electron chi connectivity index (χ3n) is 1.58. The van der Waals surface area contributed by atoms with Crippen LogP contribution in [0.1, 0.15) is 20.8 Å². The lowest BCUT2D eigenvalue weighted by Crippen LogP contribution is -2.17. The molecule has 0 aliphatic carbocycles. The maximum atomic E-state index is 12.0. The summed E-state index contributed by atoms with van der Waals surface area (Å²) < 4.78 is 24.4. The minimum absolute atomic E-state index is 0.455. The monoisotopic (exact) mass is 220 g/mol. The minimum atomic E-state index is -2.80. The first-order chi connectivity index (χ1) is 6.93. The summed E-state index contributed by atoms with van der Waals surface area (Å²) >= 11 is 0. The molecule has 1 rings (SSSR count). The van der Waals surface area contributed by atoms with Gasteiger partial charge in [-0.05, 0) is 0 Å². The fourth-order valence-corrected chi connectivity index (χ4v) is 1.04. The van der Waals surface area contributed by atoms with E-state index in [2.05, 4.69) is 5.10 Å². The summed E-state index contributed by atoms with van der Waals surface area (Å²) in [5.41, 5.74) is -1.36. The van der Waals surface area contributed by atoms with Crippen LogP contribution in [0.25, 0.3) is 0 Å². The molecule has 0 saturated carbocycles. The topological polar surface area (TPSA) is 92.4 Å². The number of carbonyl (C=O) groups is 2. The molecule has 0 radical (unpaired) electrons. The highest BCUT2D eigenvalue weighted by Crippen LogP contribution is 2.10. The van der Waals surface area contributed by atoms with Gasteiger partial charge in [0.2, 0.25) is 0 Å². The normalized spacial score (nSPS) is 10.6. The Hall–Kier alpha value is -1.99. The van der Waals surface area contributed by atoms with Crippen LogP contribution >= 0.6 is 0 Å². The molecule has 82 valence electrons.